The first-order valence-electron chi connectivity index (χ1n) is 10.0. The number of nitrogens with zero attached hydrogens (tertiary/aromatic N) is 3. The molecule has 2 aromatic carbocycles. The molecule has 0 radical (unpaired) electrons. The Morgan fingerprint density at radius 1 is 1.20 bits per heavy atom. The Kier molecular flexibility index (Phi) is 4.84. The van der Waals surface area contributed by atoms with Crippen LogP contribution in [0.4, 0.5) is 5.13 Å². The topological polar surface area (TPSA) is 73.9 Å². The standard InChI is InChI=1S/C23H23N5OS/c1-28(2)13-14-3-5-15(6-4-14)18-10-19(18)22(29)27-23-26-20-8-7-16(9-21(20)30-23)17-11-24-25-12-17/h3-9,11-12,18-19H,10,13H2,1-2H3,(H,24,25)(H,26,27,29). The Hall–Kier alpha value is -3.03. The number of thiazole rings is 1. The number of carbonyl (C=O) groups is 1. The molecule has 0 spiro atoms. The molecule has 0 saturated heterocycles. The number of fused-ring (bicyclic) bond motifs is 1. The number of hydrogen-bond donors (Lipinski definition) is 2. The summed E-state index contributed by atoms with van der Waals surface area (Å²) in [6, 6.07) is 14.7. The summed E-state index contributed by atoms with van der Waals surface area (Å²) >= 11 is 1.51. The van der Waals surface area contributed by atoms with Crippen molar-refractivity contribution in [1.29, 1.82) is 0 Å². The van der Waals surface area contributed by atoms with Gasteiger partial charge in [-0.05, 0) is 55.3 Å². The molecule has 0 bridgehead atoms. The lowest BCUT2D eigenvalue weighted by Crippen LogP contribution is -2.14. The summed E-state index contributed by atoms with van der Waals surface area (Å²) in [6.45, 7) is 0.925. The molecule has 30 heavy (non-hydrogen) atoms. The van der Waals surface area contributed by atoms with Crippen molar-refractivity contribution in [1.82, 2.24) is 20.1 Å². The zero-order chi connectivity index (χ0) is 20.7. The maximum atomic E-state index is 12.7. The molecular weight excluding hydrogens is 394 g/mol. The van der Waals surface area contributed by atoms with Crippen molar-refractivity contribution in [3.8, 4) is 11.1 Å². The molecule has 1 aliphatic rings. The lowest BCUT2D eigenvalue weighted by Gasteiger charge is -2.10. The summed E-state index contributed by atoms with van der Waals surface area (Å²) in [6.07, 6.45) is 4.56. The quantitative estimate of drug-likeness (QED) is 0.485. The number of hydrogen-bond acceptors (Lipinski definition) is 5. The molecule has 1 saturated carbocycles. The van der Waals surface area contributed by atoms with Crippen molar-refractivity contribution in [3.05, 3.63) is 66.0 Å². The second-order valence-electron chi connectivity index (χ2n) is 8.11. The first-order chi connectivity index (χ1) is 14.6. The van der Waals surface area contributed by atoms with Gasteiger partial charge in [0.15, 0.2) is 5.13 Å². The van der Waals surface area contributed by atoms with Gasteiger partial charge in [-0.1, -0.05) is 41.7 Å². The number of aromatic amines is 1. The molecule has 1 amide bonds. The highest BCUT2D eigenvalue weighted by atomic mass is 32.1. The predicted molar refractivity (Wildman–Crippen MR) is 121 cm³/mol. The van der Waals surface area contributed by atoms with Crippen molar-refractivity contribution in [2.24, 2.45) is 5.92 Å². The van der Waals surface area contributed by atoms with E-state index in [1.54, 1.807) is 6.20 Å². The fourth-order valence-corrected chi connectivity index (χ4v) is 4.76. The molecule has 0 aliphatic heterocycles. The van der Waals surface area contributed by atoms with E-state index in [1.165, 1.54) is 22.5 Å². The zero-order valence-corrected chi connectivity index (χ0v) is 17.7. The highest BCUT2D eigenvalue weighted by molar-refractivity contribution is 7.22. The molecule has 6 nitrogen and oxygen atoms in total. The second kappa shape index (κ2) is 7.66. The Balaban J connectivity index is 1.25. The average molecular weight is 418 g/mol. The fraction of sp³-hybridized carbons (Fsp3) is 0.261. The lowest BCUT2D eigenvalue weighted by molar-refractivity contribution is -0.117. The summed E-state index contributed by atoms with van der Waals surface area (Å²) in [4.78, 5) is 19.5. The minimum Gasteiger partial charge on any atom is -0.305 e. The van der Waals surface area contributed by atoms with E-state index in [0.29, 0.717) is 11.0 Å². The van der Waals surface area contributed by atoms with Gasteiger partial charge >= 0.3 is 0 Å². The molecule has 2 N–H and O–H groups in total. The van der Waals surface area contributed by atoms with Gasteiger partial charge in [-0.15, -0.1) is 0 Å². The van der Waals surface area contributed by atoms with Gasteiger partial charge in [0.25, 0.3) is 0 Å². The maximum absolute atomic E-state index is 12.7. The molecule has 5 rings (SSSR count). The third-order valence-corrected chi connectivity index (χ3v) is 6.42. The first-order valence-corrected chi connectivity index (χ1v) is 10.8. The first kappa shape index (κ1) is 19.0. The van der Waals surface area contributed by atoms with E-state index in [4.69, 9.17) is 0 Å². The number of rotatable bonds is 6. The molecular formula is C23H23N5OS. The number of amides is 1. The zero-order valence-electron chi connectivity index (χ0n) is 16.9. The summed E-state index contributed by atoms with van der Waals surface area (Å²) in [5, 5.41) is 10.5. The van der Waals surface area contributed by atoms with Crippen LogP contribution in [-0.2, 0) is 11.3 Å². The molecule has 2 atom stereocenters. The highest BCUT2D eigenvalue weighted by Gasteiger charge is 2.44. The monoisotopic (exact) mass is 417 g/mol. The minimum atomic E-state index is 0.0261. The van der Waals surface area contributed by atoms with Crippen molar-refractivity contribution in [3.63, 3.8) is 0 Å². The van der Waals surface area contributed by atoms with Gasteiger partial charge < -0.3 is 10.2 Å². The Bertz CT molecular complexity index is 1180. The highest BCUT2D eigenvalue weighted by Crippen LogP contribution is 2.48. The van der Waals surface area contributed by atoms with Gasteiger partial charge in [0.1, 0.15) is 0 Å². The number of carbonyl (C=O) groups excluding carboxylic acids is 1. The van der Waals surface area contributed by atoms with Crippen molar-refractivity contribution >= 4 is 32.6 Å². The second-order valence-corrected chi connectivity index (χ2v) is 9.14. The number of anilines is 1. The third-order valence-electron chi connectivity index (χ3n) is 5.48. The van der Waals surface area contributed by atoms with E-state index in [0.717, 1.165) is 34.3 Å². The summed E-state index contributed by atoms with van der Waals surface area (Å²) in [7, 11) is 4.13. The molecule has 2 heterocycles. The van der Waals surface area contributed by atoms with Gasteiger partial charge in [-0.25, -0.2) is 4.98 Å². The van der Waals surface area contributed by atoms with E-state index in [1.807, 2.05) is 18.3 Å². The van der Waals surface area contributed by atoms with Gasteiger partial charge in [0, 0.05) is 24.2 Å². The maximum Gasteiger partial charge on any atom is 0.229 e. The van der Waals surface area contributed by atoms with Crippen LogP contribution in [0.3, 0.4) is 0 Å². The van der Waals surface area contributed by atoms with Crippen LogP contribution in [-0.4, -0.2) is 40.1 Å². The van der Waals surface area contributed by atoms with E-state index in [-0.39, 0.29) is 11.8 Å². The SMILES string of the molecule is CN(C)Cc1ccc(C2CC2C(=O)Nc2nc3ccc(-c4cn[nH]c4)cc3s2)cc1. The number of nitrogens with one attached hydrogen (secondary N) is 2. The van der Waals surface area contributed by atoms with Gasteiger partial charge in [-0.2, -0.15) is 5.10 Å². The van der Waals surface area contributed by atoms with E-state index >= 15 is 0 Å². The van der Waals surface area contributed by atoms with Gasteiger partial charge in [0.2, 0.25) is 5.91 Å². The van der Waals surface area contributed by atoms with Crippen LogP contribution >= 0.6 is 11.3 Å². The molecule has 2 aromatic heterocycles. The van der Waals surface area contributed by atoms with Crippen molar-refractivity contribution in [2.45, 2.75) is 18.9 Å². The largest absolute Gasteiger partial charge is 0.305 e. The molecule has 4 aromatic rings. The summed E-state index contributed by atoms with van der Waals surface area (Å²) in [5.41, 5.74) is 5.54. The minimum absolute atomic E-state index is 0.0261. The average Bonchev–Trinajstić information content (AvgIpc) is 3.15. The third kappa shape index (κ3) is 3.86. The van der Waals surface area contributed by atoms with Crippen LogP contribution in [0.15, 0.2) is 54.9 Å². The van der Waals surface area contributed by atoms with E-state index in [9.17, 15) is 4.79 Å². The van der Waals surface area contributed by atoms with E-state index in [2.05, 4.69) is 69.8 Å². The van der Waals surface area contributed by atoms with Crippen LogP contribution in [0, 0.1) is 5.92 Å². The van der Waals surface area contributed by atoms with Crippen LogP contribution in [0.5, 0.6) is 0 Å². The number of benzene rings is 2. The fourth-order valence-electron chi connectivity index (χ4n) is 3.85. The number of H-pyrrole nitrogens is 1. The van der Waals surface area contributed by atoms with Crippen LogP contribution in [0.1, 0.15) is 23.5 Å². The Labute approximate surface area is 179 Å². The number of aromatic nitrogens is 3. The van der Waals surface area contributed by atoms with E-state index < -0.39 is 0 Å². The van der Waals surface area contributed by atoms with Crippen LogP contribution < -0.4 is 5.32 Å². The Morgan fingerprint density at radius 3 is 2.77 bits per heavy atom. The summed E-state index contributed by atoms with van der Waals surface area (Å²) < 4.78 is 1.05. The van der Waals surface area contributed by atoms with Crippen molar-refractivity contribution in [2.75, 3.05) is 19.4 Å². The smallest absolute Gasteiger partial charge is 0.229 e. The molecule has 2 unspecified atom stereocenters. The van der Waals surface area contributed by atoms with Gasteiger partial charge in [0.05, 0.1) is 16.4 Å². The Morgan fingerprint density at radius 2 is 2.03 bits per heavy atom. The predicted octanol–water partition coefficient (Wildman–Crippen LogP) is 4.49. The molecule has 7 heteroatoms. The molecule has 1 aliphatic carbocycles. The van der Waals surface area contributed by atoms with Crippen molar-refractivity contribution < 1.29 is 4.79 Å². The lowest BCUT2D eigenvalue weighted by atomic mass is 10.1. The molecule has 152 valence electrons. The normalized spacial score (nSPS) is 18.1. The van der Waals surface area contributed by atoms with Crippen LogP contribution in [0.25, 0.3) is 21.3 Å². The molecule has 1 fully saturated rings. The summed E-state index contributed by atoms with van der Waals surface area (Å²) in [5.74, 6) is 0.394. The van der Waals surface area contributed by atoms with Crippen LogP contribution in [0.2, 0.25) is 0 Å². The van der Waals surface area contributed by atoms with Gasteiger partial charge in [-0.3, -0.25) is 9.89 Å².